The Morgan fingerprint density at radius 3 is 2.70 bits per heavy atom. The van der Waals surface area contributed by atoms with Gasteiger partial charge in [0.25, 0.3) is 0 Å². The molecule has 0 bridgehead atoms. The number of piperidine rings is 1. The SMILES string of the molecule is c1ccc2c(c1)OCC(COCCCCCN1CCCCC1)O2. The van der Waals surface area contributed by atoms with Gasteiger partial charge in [-0.3, -0.25) is 0 Å². The molecule has 1 atom stereocenters. The zero-order chi connectivity index (χ0) is 15.7. The zero-order valence-electron chi connectivity index (χ0n) is 14.0. The van der Waals surface area contributed by atoms with Crippen LogP contribution >= 0.6 is 0 Å². The lowest BCUT2D eigenvalue weighted by Gasteiger charge is -2.26. The highest BCUT2D eigenvalue weighted by molar-refractivity contribution is 5.40. The van der Waals surface area contributed by atoms with E-state index in [-0.39, 0.29) is 6.10 Å². The molecule has 1 unspecified atom stereocenters. The Morgan fingerprint density at radius 1 is 1.00 bits per heavy atom. The molecule has 4 nitrogen and oxygen atoms in total. The summed E-state index contributed by atoms with van der Waals surface area (Å²) in [6.07, 6.45) is 7.88. The van der Waals surface area contributed by atoms with Crippen molar-refractivity contribution in [3.63, 3.8) is 0 Å². The molecule has 2 aliphatic heterocycles. The van der Waals surface area contributed by atoms with Crippen LogP contribution in [0.5, 0.6) is 11.5 Å². The molecule has 4 heteroatoms. The second kappa shape index (κ2) is 9.14. The Hall–Kier alpha value is -1.26. The molecular formula is C19H29NO3. The number of hydrogen-bond acceptors (Lipinski definition) is 4. The van der Waals surface area contributed by atoms with Gasteiger partial charge in [0.15, 0.2) is 17.6 Å². The number of rotatable bonds is 8. The first kappa shape index (κ1) is 16.6. The van der Waals surface area contributed by atoms with Crippen LogP contribution in [0.15, 0.2) is 24.3 Å². The van der Waals surface area contributed by atoms with Gasteiger partial charge in [0.2, 0.25) is 0 Å². The average Bonchev–Trinajstić information content (AvgIpc) is 2.61. The van der Waals surface area contributed by atoms with E-state index in [2.05, 4.69) is 4.90 Å². The van der Waals surface area contributed by atoms with E-state index in [4.69, 9.17) is 14.2 Å². The van der Waals surface area contributed by atoms with E-state index in [1.165, 1.54) is 51.7 Å². The third-order valence-electron chi connectivity index (χ3n) is 4.58. The van der Waals surface area contributed by atoms with Crippen LogP contribution in [0.1, 0.15) is 38.5 Å². The molecule has 0 spiro atoms. The smallest absolute Gasteiger partial charge is 0.161 e. The highest BCUT2D eigenvalue weighted by Gasteiger charge is 2.20. The fourth-order valence-electron chi connectivity index (χ4n) is 3.26. The normalized spacial score (nSPS) is 21.3. The van der Waals surface area contributed by atoms with Gasteiger partial charge in [0, 0.05) is 6.61 Å². The van der Waals surface area contributed by atoms with Gasteiger partial charge in [-0.2, -0.15) is 0 Å². The van der Waals surface area contributed by atoms with E-state index in [0.717, 1.165) is 24.5 Å². The summed E-state index contributed by atoms with van der Waals surface area (Å²) < 4.78 is 17.3. The van der Waals surface area contributed by atoms with Crippen molar-refractivity contribution >= 4 is 0 Å². The van der Waals surface area contributed by atoms with Crippen molar-refractivity contribution in [3.8, 4) is 11.5 Å². The Balaban J connectivity index is 1.21. The van der Waals surface area contributed by atoms with E-state index in [1.807, 2.05) is 24.3 Å². The average molecular weight is 319 g/mol. The van der Waals surface area contributed by atoms with E-state index in [1.54, 1.807) is 0 Å². The van der Waals surface area contributed by atoms with Crippen LogP contribution in [0, 0.1) is 0 Å². The summed E-state index contributed by atoms with van der Waals surface area (Å²) in [5.74, 6) is 1.66. The lowest BCUT2D eigenvalue weighted by molar-refractivity contribution is 0.00769. The van der Waals surface area contributed by atoms with Crippen molar-refractivity contribution in [2.75, 3.05) is 39.5 Å². The Bertz CT molecular complexity index is 460. The second-order valence-electron chi connectivity index (χ2n) is 6.54. The molecule has 1 aromatic carbocycles. The maximum Gasteiger partial charge on any atom is 0.161 e. The molecular weight excluding hydrogens is 290 g/mol. The Kier molecular flexibility index (Phi) is 6.59. The molecule has 1 saturated heterocycles. The monoisotopic (exact) mass is 319 g/mol. The minimum Gasteiger partial charge on any atom is -0.486 e. The molecule has 0 radical (unpaired) electrons. The number of hydrogen-bond donors (Lipinski definition) is 0. The highest BCUT2D eigenvalue weighted by Crippen LogP contribution is 2.30. The number of unbranched alkanes of at least 4 members (excludes halogenated alkanes) is 2. The molecule has 2 heterocycles. The van der Waals surface area contributed by atoms with Gasteiger partial charge in [-0.1, -0.05) is 18.6 Å². The maximum absolute atomic E-state index is 5.88. The Labute approximate surface area is 139 Å². The van der Waals surface area contributed by atoms with Gasteiger partial charge in [-0.05, 0) is 63.9 Å². The Morgan fingerprint density at radius 2 is 1.83 bits per heavy atom. The lowest BCUT2D eigenvalue weighted by Crippen LogP contribution is -2.33. The zero-order valence-corrected chi connectivity index (χ0v) is 14.0. The molecule has 0 N–H and O–H groups in total. The predicted molar refractivity (Wildman–Crippen MR) is 91.3 cm³/mol. The second-order valence-corrected chi connectivity index (χ2v) is 6.54. The van der Waals surface area contributed by atoms with Gasteiger partial charge in [-0.25, -0.2) is 0 Å². The molecule has 1 aromatic rings. The molecule has 3 rings (SSSR count). The summed E-state index contributed by atoms with van der Waals surface area (Å²) >= 11 is 0. The fourth-order valence-corrected chi connectivity index (χ4v) is 3.26. The van der Waals surface area contributed by atoms with E-state index < -0.39 is 0 Å². The van der Waals surface area contributed by atoms with E-state index in [9.17, 15) is 0 Å². The maximum atomic E-state index is 5.88. The van der Waals surface area contributed by atoms with Crippen molar-refractivity contribution in [2.45, 2.75) is 44.6 Å². The molecule has 0 aromatic heterocycles. The van der Waals surface area contributed by atoms with Crippen molar-refractivity contribution < 1.29 is 14.2 Å². The van der Waals surface area contributed by atoms with Crippen molar-refractivity contribution in [2.24, 2.45) is 0 Å². The molecule has 128 valence electrons. The van der Waals surface area contributed by atoms with Crippen LogP contribution in [0.4, 0.5) is 0 Å². The first-order valence-corrected chi connectivity index (χ1v) is 9.10. The number of fused-ring (bicyclic) bond motifs is 1. The third-order valence-corrected chi connectivity index (χ3v) is 4.58. The molecule has 0 aliphatic carbocycles. The number of likely N-dealkylation sites (tertiary alicyclic amines) is 1. The lowest BCUT2D eigenvalue weighted by atomic mass is 10.1. The van der Waals surface area contributed by atoms with E-state index >= 15 is 0 Å². The van der Waals surface area contributed by atoms with Crippen LogP contribution < -0.4 is 9.47 Å². The van der Waals surface area contributed by atoms with Crippen LogP contribution in [-0.4, -0.2) is 50.5 Å². The van der Waals surface area contributed by atoms with Crippen molar-refractivity contribution in [1.29, 1.82) is 0 Å². The summed E-state index contributed by atoms with van der Waals surface area (Å²) in [7, 11) is 0. The highest BCUT2D eigenvalue weighted by atomic mass is 16.6. The minimum atomic E-state index is 0.0123. The topological polar surface area (TPSA) is 30.9 Å². The molecule has 1 fully saturated rings. The van der Waals surface area contributed by atoms with Gasteiger partial charge < -0.3 is 19.1 Å². The van der Waals surface area contributed by atoms with Crippen LogP contribution in [0.2, 0.25) is 0 Å². The number of nitrogens with zero attached hydrogens (tertiary/aromatic N) is 1. The van der Waals surface area contributed by atoms with Gasteiger partial charge in [0.1, 0.15) is 6.61 Å². The largest absolute Gasteiger partial charge is 0.486 e. The number of ether oxygens (including phenoxy) is 3. The summed E-state index contributed by atoms with van der Waals surface area (Å²) in [5.41, 5.74) is 0. The number of para-hydroxylation sites is 2. The molecule has 0 amide bonds. The summed E-state index contributed by atoms with van der Waals surface area (Å²) in [6, 6.07) is 7.81. The molecule has 23 heavy (non-hydrogen) atoms. The predicted octanol–water partition coefficient (Wildman–Crippen LogP) is 3.50. The fraction of sp³-hybridized carbons (Fsp3) is 0.684. The van der Waals surface area contributed by atoms with Crippen molar-refractivity contribution in [3.05, 3.63) is 24.3 Å². The van der Waals surface area contributed by atoms with Crippen LogP contribution in [0.3, 0.4) is 0 Å². The first-order chi connectivity index (χ1) is 11.4. The molecule has 2 aliphatic rings. The molecule has 0 saturated carbocycles. The van der Waals surface area contributed by atoms with Gasteiger partial charge in [-0.15, -0.1) is 0 Å². The van der Waals surface area contributed by atoms with Crippen LogP contribution in [0.25, 0.3) is 0 Å². The van der Waals surface area contributed by atoms with Gasteiger partial charge in [0.05, 0.1) is 6.61 Å². The summed E-state index contributed by atoms with van der Waals surface area (Å²) in [6.45, 7) is 5.87. The van der Waals surface area contributed by atoms with Gasteiger partial charge >= 0.3 is 0 Å². The number of benzene rings is 1. The summed E-state index contributed by atoms with van der Waals surface area (Å²) in [4.78, 5) is 2.61. The first-order valence-electron chi connectivity index (χ1n) is 9.10. The summed E-state index contributed by atoms with van der Waals surface area (Å²) in [5, 5.41) is 0. The van der Waals surface area contributed by atoms with Crippen molar-refractivity contribution in [1.82, 2.24) is 4.90 Å². The minimum absolute atomic E-state index is 0.0123. The van der Waals surface area contributed by atoms with Crippen LogP contribution in [-0.2, 0) is 4.74 Å². The quantitative estimate of drug-likeness (QED) is 0.686. The standard InChI is InChI=1S/C19H29NO3/c1-5-11-20(12-6-1)13-7-2-8-14-21-15-17-16-22-18-9-3-4-10-19(18)23-17/h3-4,9-10,17H,1-2,5-8,11-16H2. The van der Waals surface area contributed by atoms with E-state index in [0.29, 0.717) is 13.2 Å². The third kappa shape index (κ3) is 5.40.